The number of nitrogens with zero attached hydrogens (tertiary/aromatic N) is 1. The van der Waals surface area contributed by atoms with E-state index in [4.69, 9.17) is 18.9 Å². The second-order valence-corrected chi connectivity index (χ2v) is 8.06. The first-order chi connectivity index (χ1) is 14.4. The molecule has 30 heavy (non-hydrogen) atoms. The second-order valence-electron chi connectivity index (χ2n) is 8.06. The van der Waals surface area contributed by atoms with Gasteiger partial charge in [0.15, 0.2) is 23.0 Å². The molecule has 0 fully saturated rings. The van der Waals surface area contributed by atoms with Crippen LogP contribution in [0.15, 0.2) is 47.6 Å². The summed E-state index contributed by atoms with van der Waals surface area (Å²) in [4.78, 5) is 12.4. The van der Waals surface area contributed by atoms with Gasteiger partial charge in [-0.15, -0.1) is 0 Å². The highest BCUT2D eigenvalue weighted by Gasteiger charge is 2.28. The molecule has 7 nitrogen and oxygen atoms in total. The largest absolute Gasteiger partial charge is 0.485 e. The summed E-state index contributed by atoms with van der Waals surface area (Å²) in [7, 11) is 0. The van der Waals surface area contributed by atoms with Crippen LogP contribution in [-0.2, 0) is 10.2 Å². The summed E-state index contributed by atoms with van der Waals surface area (Å²) in [5.41, 5.74) is 4.51. The van der Waals surface area contributed by atoms with Gasteiger partial charge in [0.25, 0.3) is 5.91 Å². The van der Waals surface area contributed by atoms with E-state index in [0.29, 0.717) is 17.2 Å². The molecule has 1 atom stereocenters. The molecule has 2 aromatic rings. The van der Waals surface area contributed by atoms with Crippen molar-refractivity contribution in [3.05, 3.63) is 53.6 Å². The van der Waals surface area contributed by atoms with Gasteiger partial charge in [0.1, 0.15) is 6.61 Å². The first-order valence-corrected chi connectivity index (χ1v) is 9.73. The molecule has 2 heterocycles. The summed E-state index contributed by atoms with van der Waals surface area (Å²) in [5, 5.41) is 3.94. The van der Waals surface area contributed by atoms with E-state index < -0.39 is 6.10 Å². The SMILES string of the molecule is CC(C)(C)c1ccc2c(c1)O[C@@H](C(=O)N/N=C/C=C/c1ccc3c(c1)OCO3)CO2. The third-order valence-electron chi connectivity index (χ3n) is 4.78. The summed E-state index contributed by atoms with van der Waals surface area (Å²) >= 11 is 0. The van der Waals surface area contributed by atoms with Crippen molar-refractivity contribution < 1.29 is 23.7 Å². The first kappa shape index (κ1) is 19.8. The van der Waals surface area contributed by atoms with Gasteiger partial charge in [-0.3, -0.25) is 4.79 Å². The third kappa shape index (κ3) is 4.40. The molecule has 2 aromatic carbocycles. The molecule has 0 radical (unpaired) electrons. The smallest absolute Gasteiger partial charge is 0.284 e. The van der Waals surface area contributed by atoms with Crippen molar-refractivity contribution in [3.63, 3.8) is 0 Å². The zero-order valence-corrected chi connectivity index (χ0v) is 17.2. The van der Waals surface area contributed by atoms with Gasteiger partial charge >= 0.3 is 0 Å². The Bertz CT molecular complexity index is 1010. The molecule has 1 N–H and O–H groups in total. The zero-order chi connectivity index (χ0) is 21.1. The number of hydrazone groups is 1. The number of hydrogen-bond donors (Lipinski definition) is 1. The Morgan fingerprint density at radius 3 is 2.63 bits per heavy atom. The van der Waals surface area contributed by atoms with Crippen LogP contribution in [0.1, 0.15) is 31.9 Å². The van der Waals surface area contributed by atoms with E-state index in [2.05, 4.69) is 31.3 Å². The normalized spacial score (nSPS) is 17.5. The molecule has 2 aliphatic rings. The minimum Gasteiger partial charge on any atom is -0.485 e. The number of benzene rings is 2. The van der Waals surface area contributed by atoms with Crippen LogP contribution in [0, 0.1) is 0 Å². The Hall–Kier alpha value is -3.48. The predicted octanol–water partition coefficient (Wildman–Crippen LogP) is 3.67. The number of allylic oxidation sites excluding steroid dienone is 1. The van der Waals surface area contributed by atoms with Crippen molar-refractivity contribution in [3.8, 4) is 23.0 Å². The van der Waals surface area contributed by atoms with Gasteiger partial charge in [0.2, 0.25) is 12.9 Å². The van der Waals surface area contributed by atoms with E-state index >= 15 is 0 Å². The van der Waals surface area contributed by atoms with Crippen molar-refractivity contribution in [2.24, 2.45) is 5.10 Å². The maximum atomic E-state index is 12.4. The molecular weight excluding hydrogens is 384 g/mol. The minimum absolute atomic E-state index is 0.0256. The predicted molar refractivity (Wildman–Crippen MR) is 113 cm³/mol. The van der Waals surface area contributed by atoms with Crippen LogP contribution in [0.3, 0.4) is 0 Å². The molecule has 156 valence electrons. The summed E-state index contributed by atoms with van der Waals surface area (Å²) in [6.07, 6.45) is 4.31. The maximum Gasteiger partial charge on any atom is 0.284 e. The first-order valence-electron chi connectivity index (χ1n) is 9.73. The molecular formula is C23H24N2O5. The lowest BCUT2D eigenvalue weighted by atomic mass is 9.87. The Balaban J connectivity index is 1.32. The molecule has 7 heteroatoms. The fourth-order valence-corrected chi connectivity index (χ4v) is 3.05. The molecule has 1 amide bonds. The van der Waals surface area contributed by atoms with Gasteiger partial charge in [-0.25, -0.2) is 5.43 Å². The number of carbonyl (C=O) groups is 1. The van der Waals surface area contributed by atoms with Gasteiger partial charge < -0.3 is 18.9 Å². The highest BCUT2D eigenvalue weighted by Crippen LogP contribution is 2.36. The van der Waals surface area contributed by atoms with Gasteiger partial charge in [-0.2, -0.15) is 5.10 Å². The number of carbonyl (C=O) groups excluding carboxylic acids is 1. The average Bonchev–Trinajstić information content (AvgIpc) is 3.19. The van der Waals surface area contributed by atoms with Crippen molar-refractivity contribution in [1.29, 1.82) is 0 Å². The van der Waals surface area contributed by atoms with E-state index in [-0.39, 0.29) is 24.7 Å². The van der Waals surface area contributed by atoms with Crippen molar-refractivity contribution >= 4 is 18.2 Å². The van der Waals surface area contributed by atoms with E-state index in [1.807, 2.05) is 42.5 Å². The Labute approximate surface area is 175 Å². The highest BCUT2D eigenvalue weighted by molar-refractivity contribution is 5.84. The molecule has 0 aliphatic carbocycles. The third-order valence-corrected chi connectivity index (χ3v) is 4.78. The maximum absolute atomic E-state index is 12.4. The highest BCUT2D eigenvalue weighted by atomic mass is 16.7. The molecule has 4 rings (SSSR count). The van der Waals surface area contributed by atoms with Gasteiger partial charge in [-0.1, -0.05) is 39.0 Å². The van der Waals surface area contributed by atoms with Crippen LogP contribution in [0.5, 0.6) is 23.0 Å². The summed E-state index contributed by atoms with van der Waals surface area (Å²) in [5.74, 6) is 2.29. The number of rotatable bonds is 4. The average molecular weight is 408 g/mol. The molecule has 0 saturated carbocycles. The van der Waals surface area contributed by atoms with Gasteiger partial charge in [-0.05, 0) is 46.9 Å². The lowest BCUT2D eigenvalue weighted by molar-refractivity contribution is -0.130. The molecule has 0 unspecified atom stereocenters. The van der Waals surface area contributed by atoms with E-state index in [1.54, 1.807) is 6.08 Å². The number of fused-ring (bicyclic) bond motifs is 2. The van der Waals surface area contributed by atoms with E-state index in [0.717, 1.165) is 16.9 Å². The van der Waals surface area contributed by atoms with Gasteiger partial charge in [0, 0.05) is 6.21 Å². The Kier molecular flexibility index (Phi) is 5.35. The number of ether oxygens (including phenoxy) is 4. The Morgan fingerprint density at radius 2 is 1.80 bits per heavy atom. The standard InChI is InChI=1S/C23H24N2O5/c1-23(2,3)16-7-9-18-20(12-16)30-21(13-27-18)22(26)25-24-10-4-5-15-6-8-17-19(11-15)29-14-28-17/h4-12,21H,13-14H2,1-3H3,(H,25,26)/b5-4+,24-10+/t21-/m1/s1. The number of hydrogen-bond acceptors (Lipinski definition) is 6. The molecule has 2 aliphatic heterocycles. The second kappa shape index (κ2) is 8.10. The van der Waals surface area contributed by atoms with Crippen molar-refractivity contribution in [1.82, 2.24) is 5.43 Å². The zero-order valence-electron chi connectivity index (χ0n) is 17.2. The fourth-order valence-electron chi connectivity index (χ4n) is 3.05. The molecule has 0 bridgehead atoms. The van der Waals surface area contributed by atoms with Crippen molar-refractivity contribution in [2.45, 2.75) is 32.3 Å². The quantitative estimate of drug-likeness (QED) is 0.617. The van der Waals surface area contributed by atoms with Crippen LogP contribution in [0.2, 0.25) is 0 Å². The van der Waals surface area contributed by atoms with E-state index in [1.165, 1.54) is 6.21 Å². The lowest BCUT2D eigenvalue weighted by Crippen LogP contribution is -2.42. The van der Waals surface area contributed by atoms with Crippen LogP contribution >= 0.6 is 0 Å². The number of nitrogens with one attached hydrogen (secondary N) is 1. The monoisotopic (exact) mass is 408 g/mol. The summed E-state index contributed by atoms with van der Waals surface area (Å²) < 4.78 is 22.1. The van der Waals surface area contributed by atoms with Crippen LogP contribution in [0.25, 0.3) is 6.08 Å². The van der Waals surface area contributed by atoms with Crippen molar-refractivity contribution in [2.75, 3.05) is 13.4 Å². The van der Waals surface area contributed by atoms with Crippen LogP contribution < -0.4 is 24.4 Å². The topological polar surface area (TPSA) is 78.4 Å². The van der Waals surface area contributed by atoms with Crippen LogP contribution in [-0.4, -0.2) is 31.6 Å². The number of amides is 1. The Morgan fingerprint density at radius 1 is 1.03 bits per heavy atom. The summed E-state index contributed by atoms with van der Waals surface area (Å²) in [6, 6.07) is 11.5. The molecule has 0 aromatic heterocycles. The molecule has 0 spiro atoms. The van der Waals surface area contributed by atoms with Gasteiger partial charge in [0.05, 0.1) is 0 Å². The lowest BCUT2D eigenvalue weighted by Gasteiger charge is -2.27. The van der Waals surface area contributed by atoms with Crippen LogP contribution in [0.4, 0.5) is 0 Å². The minimum atomic E-state index is -0.761. The van der Waals surface area contributed by atoms with E-state index in [9.17, 15) is 4.79 Å². The fraction of sp³-hybridized carbons (Fsp3) is 0.304. The molecule has 0 saturated heterocycles. The summed E-state index contributed by atoms with van der Waals surface area (Å²) in [6.45, 7) is 6.73.